The fraction of sp³-hybridized carbons (Fsp3) is 0. The minimum absolute atomic E-state index is 0.844. The van der Waals surface area contributed by atoms with Gasteiger partial charge in [-0.15, -0.1) is 0 Å². The predicted octanol–water partition coefficient (Wildman–Crippen LogP) is 9.43. The minimum Gasteiger partial charge on any atom is -0.454 e. The summed E-state index contributed by atoms with van der Waals surface area (Å²) in [4.78, 5) is 5.10. The molecular weight excluding hydrogens is 516 g/mol. The van der Waals surface area contributed by atoms with Gasteiger partial charge >= 0.3 is 0 Å². The van der Waals surface area contributed by atoms with Crippen LogP contribution in [0.25, 0.3) is 83.0 Å². The Labute approximate surface area is 239 Å². The van der Waals surface area contributed by atoms with Crippen molar-refractivity contribution in [3.8, 4) is 11.4 Å². The maximum Gasteiger partial charge on any atom is 0.220 e. The zero-order valence-corrected chi connectivity index (χ0v) is 22.4. The van der Waals surface area contributed by atoms with Gasteiger partial charge in [0, 0.05) is 16.2 Å². The fourth-order valence-electron chi connectivity index (χ4n) is 6.95. The Balaban J connectivity index is 1.34. The van der Waals surface area contributed by atoms with Crippen molar-refractivity contribution in [1.82, 2.24) is 18.5 Å². The molecule has 4 aromatic heterocycles. The Morgan fingerprint density at radius 3 is 1.83 bits per heavy atom. The number of imidazole rings is 2. The molecule has 0 amide bonds. The summed E-state index contributed by atoms with van der Waals surface area (Å²) in [6.07, 6.45) is 0. The molecule has 10 rings (SSSR count). The van der Waals surface area contributed by atoms with Gasteiger partial charge in [0.2, 0.25) is 5.78 Å². The van der Waals surface area contributed by atoms with Crippen LogP contribution in [0.3, 0.4) is 0 Å². The van der Waals surface area contributed by atoms with E-state index in [4.69, 9.17) is 9.40 Å². The van der Waals surface area contributed by atoms with Gasteiger partial charge in [0.25, 0.3) is 0 Å². The van der Waals surface area contributed by atoms with Crippen LogP contribution in [-0.2, 0) is 0 Å². The average molecular weight is 539 g/mol. The molecule has 0 spiro atoms. The Bertz CT molecular complexity index is 2650. The lowest BCUT2D eigenvalue weighted by atomic mass is 10.1. The molecule has 6 aromatic carbocycles. The van der Waals surface area contributed by atoms with Crippen LogP contribution < -0.4 is 0 Å². The van der Waals surface area contributed by atoms with E-state index in [0.29, 0.717) is 0 Å². The number of aromatic nitrogens is 4. The van der Waals surface area contributed by atoms with Crippen LogP contribution in [0.15, 0.2) is 138 Å². The van der Waals surface area contributed by atoms with Crippen molar-refractivity contribution in [2.24, 2.45) is 0 Å². The molecule has 0 bridgehead atoms. The van der Waals surface area contributed by atoms with E-state index in [1.807, 2.05) is 6.07 Å². The zero-order chi connectivity index (χ0) is 27.4. The van der Waals surface area contributed by atoms with Crippen molar-refractivity contribution >= 4 is 71.6 Å². The molecule has 0 atom stereocenters. The molecule has 4 heterocycles. The van der Waals surface area contributed by atoms with Crippen LogP contribution in [0.1, 0.15) is 0 Å². The highest BCUT2D eigenvalue weighted by atomic mass is 16.3. The van der Waals surface area contributed by atoms with E-state index in [-0.39, 0.29) is 0 Å². The van der Waals surface area contributed by atoms with Gasteiger partial charge in [-0.25, -0.2) is 4.98 Å². The van der Waals surface area contributed by atoms with Crippen LogP contribution in [-0.4, -0.2) is 18.5 Å². The van der Waals surface area contributed by atoms with Crippen LogP contribution >= 0.6 is 0 Å². The van der Waals surface area contributed by atoms with Crippen molar-refractivity contribution in [2.75, 3.05) is 0 Å². The first-order valence-electron chi connectivity index (χ1n) is 14.2. The van der Waals surface area contributed by atoms with E-state index in [9.17, 15) is 0 Å². The third kappa shape index (κ3) is 2.70. The second kappa shape index (κ2) is 7.89. The normalized spacial score (nSPS) is 12.3. The summed E-state index contributed by atoms with van der Waals surface area (Å²) in [6.45, 7) is 0. The summed E-state index contributed by atoms with van der Waals surface area (Å²) in [6, 6.07) is 46.9. The van der Waals surface area contributed by atoms with E-state index in [2.05, 4.69) is 141 Å². The number of furan rings is 1. The summed E-state index contributed by atoms with van der Waals surface area (Å²) in [5.41, 5.74) is 10.4. The molecule has 0 radical (unpaired) electrons. The molecule has 42 heavy (non-hydrogen) atoms. The van der Waals surface area contributed by atoms with Crippen LogP contribution in [0, 0.1) is 0 Å². The summed E-state index contributed by atoms with van der Waals surface area (Å²) in [5, 5.41) is 4.66. The molecule has 0 saturated carbocycles. The highest BCUT2D eigenvalue weighted by Crippen LogP contribution is 2.41. The van der Waals surface area contributed by atoms with Gasteiger partial charge in [0.1, 0.15) is 5.58 Å². The Morgan fingerprint density at radius 1 is 0.452 bits per heavy atom. The monoisotopic (exact) mass is 538 g/mol. The van der Waals surface area contributed by atoms with Gasteiger partial charge < -0.3 is 8.98 Å². The number of para-hydroxylation sites is 7. The van der Waals surface area contributed by atoms with E-state index in [1.54, 1.807) is 0 Å². The molecule has 5 heteroatoms. The molecule has 0 fully saturated rings. The smallest absolute Gasteiger partial charge is 0.220 e. The highest BCUT2D eigenvalue weighted by Gasteiger charge is 2.22. The van der Waals surface area contributed by atoms with Gasteiger partial charge in [0.15, 0.2) is 5.58 Å². The first kappa shape index (κ1) is 21.9. The van der Waals surface area contributed by atoms with Crippen molar-refractivity contribution in [2.45, 2.75) is 0 Å². The van der Waals surface area contributed by atoms with Crippen molar-refractivity contribution in [3.63, 3.8) is 0 Å². The van der Waals surface area contributed by atoms with E-state index < -0.39 is 0 Å². The molecule has 0 saturated heterocycles. The Morgan fingerprint density at radius 2 is 1.05 bits per heavy atom. The lowest BCUT2D eigenvalue weighted by Crippen LogP contribution is -1.96. The molecule has 0 aliphatic heterocycles. The molecule has 0 aliphatic carbocycles. The Kier molecular flexibility index (Phi) is 4.12. The summed E-state index contributed by atoms with van der Waals surface area (Å²) in [7, 11) is 0. The molecule has 5 nitrogen and oxygen atoms in total. The maximum absolute atomic E-state index is 6.77. The predicted molar refractivity (Wildman–Crippen MR) is 171 cm³/mol. The first-order chi connectivity index (χ1) is 20.9. The molecular formula is C37H22N4O. The third-order valence-corrected chi connectivity index (χ3v) is 8.65. The largest absolute Gasteiger partial charge is 0.454 e. The van der Waals surface area contributed by atoms with Gasteiger partial charge in [-0.3, -0.25) is 8.97 Å². The van der Waals surface area contributed by atoms with Crippen LogP contribution in [0.5, 0.6) is 0 Å². The Hall–Kier alpha value is -5.81. The molecule has 0 aliphatic rings. The number of nitrogens with zero attached hydrogens (tertiary/aromatic N) is 4. The third-order valence-electron chi connectivity index (χ3n) is 8.65. The van der Waals surface area contributed by atoms with Crippen LogP contribution in [0.2, 0.25) is 0 Å². The van der Waals surface area contributed by atoms with Gasteiger partial charge in [0.05, 0.1) is 49.9 Å². The second-order valence-electron chi connectivity index (χ2n) is 10.8. The van der Waals surface area contributed by atoms with Crippen molar-refractivity contribution < 1.29 is 4.42 Å². The summed E-state index contributed by atoms with van der Waals surface area (Å²) >= 11 is 0. The maximum atomic E-state index is 6.77. The quantitative estimate of drug-likeness (QED) is 0.220. The summed E-state index contributed by atoms with van der Waals surface area (Å²) < 4.78 is 13.6. The number of hydrogen-bond acceptors (Lipinski definition) is 2. The molecule has 0 unspecified atom stereocenters. The second-order valence-corrected chi connectivity index (χ2v) is 10.8. The van der Waals surface area contributed by atoms with Crippen molar-refractivity contribution in [3.05, 3.63) is 133 Å². The lowest BCUT2D eigenvalue weighted by Gasteiger charge is -2.09. The van der Waals surface area contributed by atoms with Gasteiger partial charge in [-0.05, 0) is 54.6 Å². The molecule has 0 N–H and O–H groups in total. The van der Waals surface area contributed by atoms with Crippen LogP contribution in [0.4, 0.5) is 0 Å². The molecule has 10 aromatic rings. The first-order valence-corrected chi connectivity index (χ1v) is 14.2. The standard InChI is InChI=1S/C37H22N4O/c1-4-15-27-23(11-1)24-12-2-5-16-28(24)39(27)32-20-10-22-34-35(32)25-13-9-21-33(36(25)42-34)41-31-19-8-7-18-30(31)40-29-17-6-3-14-26(29)38-37(40)41/h1-22H. The van der Waals surface area contributed by atoms with E-state index in [1.165, 1.54) is 21.8 Å². The van der Waals surface area contributed by atoms with E-state index >= 15 is 0 Å². The number of fused-ring (bicyclic) bond motifs is 11. The van der Waals surface area contributed by atoms with E-state index in [0.717, 1.165) is 61.2 Å². The number of benzene rings is 6. The van der Waals surface area contributed by atoms with Crippen molar-refractivity contribution in [1.29, 1.82) is 0 Å². The average Bonchev–Trinajstić information content (AvgIpc) is 3.78. The minimum atomic E-state index is 0.844. The van der Waals surface area contributed by atoms with Gasteiger partial charge in [-0.1, -0.05) is 78.9 Å². The zero-order valence-electron chi connectivity index (χ0n) is 22.4. The molecule has 196 valence electrons. The number of hydrogen-bond donors (Lipinski definition) is 0. The highest BCUT2D eigenvalue weighted by molar-refractivity contribution is 6.15. The SMILES string of the molecule is c1ccc2c(c1)nc1n(-c3cccc4c3oc3cccc(-n5c6ccccc6c6ccccc65)c34)c3ccccc3n21. The fourth-order valence-corrected chi connectivity index (χ4v) is 6.95. The van der Waals surface area contributed by atoms with Gasteiger partial charge in [-0.2, -0.15) is 0 Å². The lowest BCUT2D eigenvalue weighted by molar-refractivity contribution is 0.666. The topological polar surface area (TPSA) is 40.3 Å². The summed E-state index contributed by atoms with van der Waals surface area (Å²) in [5.74, 6) is 0.868. The number of rotatable bonds is 2.